The smallest absolute Gasteiger partial charge is 0.397 e. The number of hydrogen-bond donors (Lipinski definition) is 4. The molecule has 0 saturated carbocycles. The summed E-state index contributed by atoms with van der Waals surface area (Å²) in [5.74, 6) is 0. The molecule has 14 nitrogen and oxygen atoms in total. The first kappa shape index (κ1) is 35.3. The zero-order valence-corrected chi connectivity index (χ0v) is 22.3. The van der Waals surface area contributed by atoms with Gasteiger partial charge in [0.1, 0.15) is 0 Å². The average Bonchev–Trinajstić information content (AvgIpc) is 2.73. The molecule has 1 saturated heterocycles. The molecule has 2 aromatic carbocycles. The summed E-state index contributed by atoms with van der Waals surface area (Å²) in [6.45, 7) is 7.43. The summed E-state index contributed by atoms with van der Waals surface area (Å²) in [5.41, 5.74) is 16.2. The minimum absolute atomic E-state index is 0. The predicted octanol–water partition coefficient (Wildman–Crippen LogP) is -8.16. The molecule has 0 aromatic heterocycles. The van der Waals surface area contributed by atoms with Gasteiger partial charge < -0.3 is 31.9 Å². The van der Waals surface area contributed by atoms with E-state index in [1.807, 2.05) is 36.4 Å². The van der Waals surface area contributed by atoms with E-state index in [0.29, 0.717) is 0 Å². The number of rotatable bonds is 2. The molecule has 0 aliphatic carbocycles. The number of hydrogen-bond acceptors (Lipinski definition) is 14. The van der Waals surface area contributed by atoms with Crippen molar-refractivity contribution in [2.45, 2.75) is 0 Å². The van der Waals surface area contributed by atoms with Gasteiger partial charge in [-0.05, 0) is 24.3 Å². The van der Waals surface area contributed by atoms with Crippen LogP contribution in [0, 0.1) is 20.5 Å². The molecule has 3 rings (SSSR count). The molecular formula is C20H30Cl2FeN6O8. The van der Waals surface area contributed by atoms with Crippen LogP contribution in [-0.4, -0.2) is 52.4 Å². The van der Waals surface area contributed by atoms with Gasteiger partial charge >= 0.3 is 17.1 Å². The van der Waals surface area contributed by atoms with Crippen molar-refractivity contribution in [3.05, 3.63) is 48.5 Å². The molecule has 6 N–H and O–H groups in total. The second-order valence-electron chi connectivity index (χ2n) is 7.35. The van der Waals surface area contributed by atoms with E-state index >= 15 is 0 Å². The first-order valence-electron chi connectivity index (χ1n) is 10.6. The summed E-state index contributed by atoms with van der Waals surface area (Å²) in [6.07, 6.45) is 0. The average molecular weight is 609 g/mol. The molecule has 0 atom stereocenters. The van der Waals surface area contributed by atoms with Crippen LogP contribution in [0.5, 0.6) is 0 Å². The number of halogens is 2. The number of nitrogens with one attached hydrogen (secondary N) is 2. The number of para-hydroxylation sites is 4. The Labute approximate surface area is 230 Å². The first-order chi connectivity index (χ1) is 16.8. The van der Waals surface area contributed by atoms with Gasteiger partial charge in [-0.1, -0.05) is 24.3 Å². The predicted molar refractivity (Wildman–Crippen MR) is 112 cm³/mol. The molecule has 0 spiro atoms. The summed E-state index contributed by atoms with van der Waals surface area (Å²) >= 11 is 0. The molecule has 2 aromatic rings. The van der Waals surface area contributed by atoms with E-state index in [2.05, 4.69) is 32.6 Å². The maximum Gasteiger partial charge on any atom is 2.00 e. The molecule has 1 heterocycles. The third-order valence-electron chi connectivity index (χ3n) is 4.79. The fourth-order valence-corrected chi connectivity index (χ4v) is 3.36. The van der Waals surface area contributed by atoms with Crippen LogP contribution in [-0.2, 0) is 17.1 Å². The van der Waals surface area contributed by atoms with Crippen molar-refractivity contribution in [3.8, 4) is 0 Å². The summed E-state index contributed by atoms with van der Waals surface area (Å²) in [7, 11) is -9.89. The normalized spacial score (nSPS) is 15.5. The minimum atomic E-state index is -4.94. The van der Waals surface area contributed by atoms with Crippen LogP contribution in [0.25, 0.3) is 0 Å². The molecule has 1 aliphatic heterocycles. The van der Waals surface area contributed by atoms with Crippen molar-refractivity contribution >= 4 is 22.7 Å². The van der Waals surface area contributed by atoms with Crippen molar-refractivity contribution in [1.29, 1.82) is 0 Å². The Bertz CT molecular complexity index is 799. The molecule has 17 heteroatoms. The van der Waals surface area contributed by atoms with Crippen LogP contribution >= 0.6 is 0 Å². The van der Waals surface area contributed by atoms with Crippen molar-refractivity contribution in [1.82, 2.24) is 10.6 Å². The van der Waals surface area contributed by atoms with Crippen molar-refractivity contribution < 1.29 is 74.8 Å². The van der Waals surface area contributed by atoms with E-state index in [0.717, 1.165) is 75.1 Å². The van der Waals surface area contributed by atoms with Crippen LogP contribution in [0.1, 0.15) is 0 Å². The molecule has 0 amide bonds. The van der Waals surface area contributed by atoms with E-state index in [1.165, 1.54) is 0 Å². The Hall–Kier alpha value is -1.66. The SMILES string of the molecule is Nc1ccccc1N1CCNCCN(c2ccccc2N)CCNCC1.[Fe+2].[O-][Cl+3]([O-])([O-])[O-].[O-][Cl+3]([O-])([O-])[O-]. The molecule has 37 heavy (non-hydrogen) atoms. The van der Waals surface area contributed by atoms with Crippen LogP contribution in [0.4, 0.5) is 22.7 Å². The third kappa shape index (κ3) is 18.3. The Morgan fingerprint density at radius 3 is 1.03 bits per heavy atom. The topological polar surface area (TPSA) is 267 Å². The van der Waals surface area contributed by atoms with Gasteiger partial charge in [-0.15, -0.1) is 20.5 Å². The Balaban J connectivity index is 0.00000101. The fourth-order valence-electron chi connectivity index (χ4n) is 3.36. The number of nitrogen functional groups attached to an aromatic ring is 2. The van der Waals surface area contributed by atoms with Gasteiger partial charge in [-0.3, -0.25) is 0 Å². The first-order valence-corrected chi connectivity index (χ1v) is 13.1. The molecule has 1 fully saturated rings. The van der Waals surface area contributed by atoms with E-state index in [-0.39, 0.29) is 17.1 Å². The zero-order chi connectivity index (χ0) is 27.2. The van der Waals surface area contributed by atoms with Crippen LogP contribution in [0.15, 0.2) is 48.5 Å². The second-order valence-corrected chi connectivity index (χ2v) is 8.86. The largest absolute Gasteiger partial charge is 2.00 e. The molecule has 0 bridgehead atoms. The van der Waals surface area contributed by atoms with E-state index in [4.69, 9.17) is 48.7 Å². The Kier molecular flexibility index (Phi) is 17.0. The number of anilines is 4. The fraction of sp³-hybridized carbons (Fsp3) is 0.400. The maximum absolute atomic E-state index is 8.49. The summed E-state index contributed by atoms with van der Waals surface area (Å²) < 4.78 is 67.9. The number of nitrogens with zero attached hydrogens (tertiary/aromatic N) is 2. The van der Waals surface area contributed by atoms with Gasteiger partial charge in [0, 0.05) is 52.4 Å². The number of benzene rings is 2. The van der Waals surface area contributed by atoms with Gasteiger partial charge in [0.2, 0.25) is 0 Å². The van der Waals surface area contributed by atoms with E-state index in [1.54, 1.807) is 0 Å². The zero-order valence-electron chi connectivity index (χ0n) is 19.7. The summed E-state index contributed by atoms with van der Waals surface area (Å²) in [4.78, 5) is 4.70. The third-order valence-corrected chi connectivity index (χ3v) is 4.79. The molecular weight excluding hydrogens is 579 g/mol. The van der Waals surface area contributed by atoms with Gasteiger partial charge in [0.25, 0.3) is 0 Å². The minimum Gasteiger partial charge on any atom is -0.397 e. The monoisotopic (exact) mass is 608 g/mol. The molecule has 0 radical (unpaired) electrons. The van der Waals surface area contributed by atoms with Crippen molar-refractivity contribution in [2.24, 2.45) is 0 Å². The Morgan fingerprint density at radius 2 is 0.784 bits per heavy atom. The maximum atomic E-state index is 8.49. The van der Waals surface area contributed by atoms with Crippen LogP contribution in [0.2, 0.25) is 0 Å². The standard InChI is InChI=1S/C20H30N6.2ClHO4.Fe/c21-17-5-1-3-7-19(17)25-13-9-23-11-15-26(16-12-24-10-14-25)20-8-4-2-6-18(20)22;2*2-1(3,4)5;/h1-8,23-24H,9-16,21-22H2;2*(H,2,3,4,5);/q;;;+2/p-2. The number of nitrogens with two attached hydrogens (primary N) is 2. The quantitative estimate of drug-likeness (QED) is 0.182. The summed E-state index contributed by atoms with van der Waals surface area (Å²) in [6, 6.07) is 16.2. The molecule has 210 valence electrons. The molecule has 1 aliphatic rings. The van der Waals surface area contributed by atoms with Crippen molar-refractivity contribution in [3.63, 3.8) is 0 Å². The van der Waals surface area contributed by atoms with E-state index in [9.17, 15) is 0 Å². The van der Waals surface area contributed by atoms with E-state index < -0.39 is 20.5 Å². The van der Waals surface area contributed by atoms with Crippen LogP contribution in [0.3, 0.4) is 0 Å². The Morgan fingerprint density at radius 1 is 0.541 bits per heavy atom. The summed E-state index contributed by atoms with van der Waals surface area (Å²) in [5, 5.41) is 7.11. The van der Waals surface area contributed by atoms with Gasteiger partial charge in [0.05, 0.1) is 22.7 Å². The second kappa shape index (κ2) is 17.8. The van der Waals surface area contributed by atoms with Gasteiger partial charge in [-0.25, -0.2) is 37.3 Å². The van der Waals surface area contributed by atoms with Gasteiger partial charge in [0.15, 0.2) is 0 Å². The molecule has 0 unspecified atom stereocenters. The van der Waals surface area contributed by atoms with Gasteiger partial charge in [-0.2, -0.15) is 0 Å². The van der Waals surface area contributed by atoms with Crippen LogP contribution < -0.4 is 69.2 Å². The van der Waals surface area contributed by atoms with Crippen molar-refractivity contribution in [2.75, 3.05) is 73.6 Å².